The molecule has 0 aliphatic carbocycles. The summed E-state index contributed by atoms with van der Waals surface area (Å²) in [6.45, 7) is 0. The third-order valence-corrected chi connectivity index (χ3v) is 6.43. The number of halogens is 1. The highest BCUT2D eigenvalue weighted by atomic mass is 19.1. The Balaban J connectivity index is 1.65. The molecule has 0 fully saturated rings. The lowest BCUT2D eigenvalue weighted by molar-refractivity contribution is 0.628. The van der Waals surface area contributed by atoms with Gasteiger partial charge in [-0.2, -0.15) is 0 Å². The van der Waals surface area contributed by atoms with Crippen LogP contribution in [0.15, 0.2) is 139 Å². The molecule has 0 bridgehead atoms. The second-order valence-corrected chi connectivity index (χ2v) is 8.84. The fraction of sp³-hybridized carbons (Fsp3) is 0. The highest BCUT2D eigenvalue weighted by Gasteiger charge is 2.16. The van der Waals surface area contributed by atoms with E-state index in [9.17, 15) is 4.39 Å². The van der Waals surface area contributed by atoms with Gasteiger partial charge in [-0.1, -0.05) is 91.0 Å². The van der Waals surface area contributed by atoms with Gasteiger partial charge in [-0.3, -0.25) is 9.98 Å². The second-order valence-electron chi connectivity index (χ2n) is 8.84. The lowest BCUT2D eigenvalue weighted by Crippen LogP contribution is -1.96. The zero-order chi connectivity index (χ0) is 25.0. The molecule has 0 unspecified atom stereocenters. The van der Waals surface area contributed by atoms with Crippen molar-refractivity contribution in [1.82, 2.24) is 4.98 Å². The molecule has 0 saturated heterocycles. The molecule has 6 rings (SSSR count). The first-order chi connectivity index (χ1) is 18.3. The summed E-state index contributed by atoms with van der Waals surface area (Å²) in [5.74, 6) is -0.279. The van der Waals surface area contributed by atoms with E-state index in [2.05, 4.69) is 77.8 Å². The van der Waals surface area contributed by atoms with Gasteiger partial charge < -0.3 is 0 Å². The van der Waals surface area contributed by atoms with E-state index >= 15 is 0 Å². The molecule has 5 aromatic carbocycles. The van der Waals surface area contributed by atoms with E-state index in [0.717, 1.165) is 49.8 Å². The van der Waals surface area contributed by atoms with E-state index < -0.39 is 0 Å². The standard InChI is InChI=1S/C34H23FN2/c35-29-16-18-30(19-17-29)36-22-28-23-37-34-31(25-12-6-2-7-13-25)20-27(24-10-4-1-5-11-24)21-32(34)33(28)26-14-8-3-9-15-26/h1-23H. The Kier molecular flexibility index (Phi) is 6.10. The predicted octanol–water partition coefficient (Wildman–Crippen LogP) is 9.13. The molecule has 3 heteroatoms. The fourth-order valence-electron chi connectivity index (χ4n) is 4.65. The first-order valence-electron chi connectivity index (χ1n) is 12.2. The van der Waals surface area contributed by atoms with Gasteiger partial charge in [0.05, 0.1) is 11.2 Å². The predicted molar refractivity (Wildman–Crippen MR) is 152 cm³/mol. The van der Waals surface area contributed by atoms with E-state index in [1.165, 1.54) is 12.1 Å². The quantitative estimate of drug-likeness (QED) is 0.227. The van der Waals surface area contributed by atoms with Crippen molar-refractivity contribution >= 4 is 22.8 Å². The molecule has 0 saturated carbocycles. The average Bonchev–Trinajstić information content (AvgIpc) is 2.97. The summed E-state index contributed by atoms with van der Waals surface area (Å²) in [5.41, 5.74) is 9.12. The van der Waals surface area contributed by atoms with E-state index in [4.69, 9.17) is 4.98 Å². The molecule has 0 spiro atoms. The molecule has 0 aliphatic heterocycles. The van der Waals surface area contributed by atoms with Crippen LogP contribution in [-0.4, -0.2) is 11.2 Å². The molecule has 1 aromatic heterocycles. The molecule has 0 radical (unpaired) electrons. The Morgan fingerprint density at radius 3 is 1.84 bits per heavy atom. The molecule has 0 amide bonds. The van der Waals surface area contributed by atoms with Crippen molar-refractivity contribution in [3.05, 3.63) is 145 Å². The number of hydrogen-bond donors (Lipinski definition) is 0. The minimum Gasteiger partial charge on any atom is -0.256 e. The molecule has 37 heavy (non-hydrogen) atoms. The molecule has 176 valence electrons. The average molecular weight is 479 g/mol. The maximum atomic E-state index is 13.4. The molecule has 0 atom stereocenters. The largest absolute Gasteiger partial charge is 0.256 e. The van der Waals surface area contributed by atoms with Crippen molar-refractivity contribution in [2.24, 2.45) is 4.99 Å². The maximum absolute atomic E-state index is 13.4. The number of benzene rings is 5. The van der Waals surface area contributed by atoms with Crippen LogP contribution in [0.3, 0.4) is 0 Å². The maximum Gasteiger partial charge on any atom is 0.123 e. The summed E-state index contributed by atoms with van der Waals surface area (Å²) >= 11 is 0. The Labute approximate surface area is 215 Å². The summed E-state index contributed by atoms with van der Waals surface area (Å²) in [6, 6.07) is 41.7. The SMILES string of the molecule is Fc1ccc(N=Cc2cnc3c(-c4ccccc4)cc(-c4ccccc4)cc3c2-c2ccccc2)cc1. The van der Waals surface area contributed by atoms with Crippen LogP contribution in [0.5, 0.6) is 0 Å². The molecule has 0 aliphatic rings. The highest BCUT2D eigenvalue weighted by Crippen LogP contribution is 2.39. The number of rotatable bonds is 5. The molecular weight excluding hydrogens is 455 g/mol. The number of nitrogens with zero attached hydrogens (tertiary/aromatic N) is 2. The Hall–Kier alpha value is -4.89. The van der Waals surface area contributed by atoms with Crippen molar-refractivity contribution < 1.29 is 4.39 Å². The zero-order valence-electron chi connectivity index (χ0n) is 20.1. The molecule has 1 heterocycles. The Morgan fingerprint density at radius 2 is 1.19 bits per heavy atom. The molecule has 2 nitrogen and oxygen atoms in total. The smallest absolute Gasteiger partial charge is 0.123 e. The molecular formula is C34H23FN2. The van der Waals surface area contributed by atoms with Gasteiger partial charge in [0.2, 0.25) is 0 Å². The number of fused-ring (bicyclic) bond motifs is 1. The van der Waals surface area contributed by atoms with Crippen LogP contribution in [0.1, 0.15) is 5.56 Å². The van der Waals surface area contributed by atoms with E-state index in [1.54, 1.807) is 12.1 Å². The Bertz CT molecular complexity index is 1690. The lowest BCUT2D eigenvalue weighted by Gasteiger charge is -2.16. The normalized spacial score (nSPS) is 11.3. The van der Waals surface area contributed by atoms with E-state index in [-0.39, 0.29) is 5.82 Å². The van der Waals surface area contributed by atoms with Gasteiger partial charge in [0, 0.05) is 34.5 Å². The minimum absolute atomic E-state index is 0.279. The second kappa shape index (κ2) is 10.00. The van der Waals surface area contributed by atoms with Gasteiger partial charge in [0.15, 0.2) is 0 Å². The third kappa shape index (κ3) is 4.67. The molecule has 0 N–H and O–H groups in total. The number of hydrogen-bond acceptors (Lipinski definition) is 2. The summed E-state index contributed by atoms with van der Waals surface area (Å²) in [4.78, 5) is 9.59. The summed E-state index contributed by atoms with van der Waals surface area (Å²) in [5, 5.41) is 1.05. The van der Waals surface area contributed by atoms with Gasteiger partial charge in [0.25, 0.3) is 0 Å². The van der Waals surface area contributed by atoms with Gasteiger partial charge in [-0.05, 0) is 58.7 Å². The van der Waals surface area contributed by atoms with Crippen LogP contribution in [0, 0.1) is 5.82 Å². The van der Waals surface area contributed by atoms with Gasteiger partial charge >= 0.3 is 0 Å². The topological polar surface area (TPSA) is 25.2 Å². The van der Waals surface area contributed by atoms with E-state index in [1.807, 2.05) is 42.7 Å². The van der Waals surface area contributed by atoms with Crippen LogP contribution in [0.2, 0.25) is 0 Å². The summed E-state index contributed by atoms with van der Waals surface area (Å²) < 4.78 is 13.4. The first kappa shape index (κ1) is 22.6. The monoisotopic (exact) mass is 478 g/mol. The van der Waals surface area contributed by atoms with Crippen LogP contribution in [-0.2, 0) is 0 Å². The number of aromatic nitrogens is 1. The van der Waals surface area contributed by atoms with Crippen LogP contribution >= 0.6 is 0 Å². The lowest BCUT2D eigenvalue weighted by atomic mass is 9.90. The van der Waals surface area contributed by atoms with Crippen molar-refractivity contribution in [1.29, 1.82) is 0 Å². The van der Waals surface area contributed by atoms with Crippen molar-refractivity contribution in [2.45, 2.75) is 0 Å². The first-order valence-corrected chi connectivity index (χ1v) is 12.2. The zero-order valence-corrected chi connectivity index (χ0v) is 20.1. The van der Waals surface area contributed by atoms with Gasteiger partial charge in [-0.15, -0.1) is 0 Å². The third-order valence-electron chi connectivity index (χ3n) is 6.43. The highest BCUT2D eigenvalue weighted by molar-refractivity contribution is 6.09. The van der Waals surface area contributed by atoms with Crippen LogP contribution in [0.4, 0.5) is 10.1 Å². The number of pyridine rings is 1. The fourth-order valence-corrected chi connectivity index (χ4v) is 4.65. The Morgan fingerprint density at radius 1 is 0.595 bits per heavy atom. The van der Waals surface area contributed by atoms with Gasteiger partial charge in [0.1, 0.15) is 5.82 Å². The van der Waals surface area contributed by atoms with Crippen LogP contribution in [0.25, 0.3) is 44.3 Å². The van der Waals surface area contributed by atoms with Crippen molar-refractivity contribution in [3.8, 4) is 33.4 Å². The van der Waals surface area contributed by atoms with Crippen molar-refractivity contribution in [2.75, 3.05) is 0 Å². The van der Waals surface area contributed by atoms with Crippen LogP contribution < -0.4 is 0 Å². The van der Waals surface area contributed by atoms with Crippen molar-refractivity contribution in [3.63, 3.8) is 0 Å². The summed E-state index contributed by atoms with van der Waals surface area (Å²) in [6.07, 6.45) is 3.70. The number of aliphatic imine (C=N–C) groups is 1. The molecule has 6 aromatic rings. The summed E-state index contributed by atoms with van der Waals surface area (Å²) in [7, 11) is 0. The minimum atomic E-state index is -0.279. The van der Waals surface area contributed by atoms with Gasteiger partial charge in [-0.25, -0.2) is 4.39 Å². The van der Waals surface area contributed by atoms with E-state index in [0.29, 0.717) is 5.69 Å².